The van der Waals surface area contributed by atoms with E-state index >= 15 is 0 Å². The van der Waals surface area contributed by atoms with Crippen molar-refractivity contribution >= 4 is 22.6 Å². The fourth-order valence-corrected chi connectivity index (χ4v) is 3.51. The number of esters is 1. The molecule has 0 spiro atoms. The predicted octanol–water partition coefficient (Wildman–Crippen LogP) is 2.55. The van der Waals surface area contributed by atoms with Crippen molar-refractivity contribution in [2.24, 2.45) is 0 Å². The molecular formula is C19H22N4O3. The molecule has 0 aromatic carbocycles. The summed E-state index contributed by atoms with van der Waals surface area (Å²) in [7, 11) is 0. The second kappa shape index (κ2) is 6.32. The largest absolute Gasteiger partial charge is 0.457 e. The molecule has 1 atom stereocenters. The van der Waals surface area contributed by atoms with Crippen LogP contribution < -0.4 is 0 Å². The summed E-state index contributed by atoms with van der Waals surface area (Å²) in [6.45, 7) is 7.00. The van der Waals surface area contributed by atoms with Gasteiger partial charge >= 0.3 is 5.97 Å². The van der Waals surface area contributed by atoms with E-state index in [-0.39, 0.29) is 5.97 Å². The van der Waals surface area contributed by atoms with Crippen LogP contribution in [-0.2, 0) is 20.7 Å². The van der Waals surface area contributed by atoms with Crippen LogP contribution in [0.3, 0.4) is 0 Å². The molecule has 1 aliphatic heterocycles. The van der Waals surface area contributed by atoms with Crippen LogP contribution in [0.1, 0.15) is 36.7 Å². The first kappa shape index (κ1) is 16.9. The highest BCUT2D eigenvalue weighted by molar-refractivity contribution is 5.89. The number of hydrogen-bond acceptors (Lipinski definition) is 6. The van der Waals surface area contributed by atoms with Gasteiger partial charge in [-0.15, -0.1) is 5.10 Å². The van der Waals surface area contributed by atoms with E-state index in [1.54, 1.807) is 6.20 Å². The number of aromatic nitrogens is 4. The Labute approximate surface area is 151 Å². The smallest absolute Gasteiger partial charge is 0.306 e. The number of carbonyl (C=O) groups excluding carboxylic acids is 1. The molecule has 4 rings (SSSR count). The Morgan fingerprint density at radius 2 is 2.27 bits per heavy atom. The minimum Gasteiger partial charge on any atom is -0.457 e. The summed E-state index contributed by atoms with van der Waals surface area (Å²) in [5.41, 5.74) is 3.89. The Morgan fingerprint density at radius 3 is 3.04 bits per heavy atom. The zero-order valence-electron chi connectivity index (χ0n) is 15.3. The lowest BCUT2D eigenvalue weighted by Crippen LogP contribution is -2.32. The molecule has 4 heterocycles. The van der Waals surface area contributed by atoms with E-state index in [0.29, 0.717) is 31.7 Å². The second-order valence-electron chi connectivity index (χ2n) is 7.10. The van der Waals surface area contributed by atoms with Crippen molar-refractivity contribution in [1.82, 2.24) is 19.6 Å². The van der Waals surface area contributed by atoms with Gasteiger partial charge < -0.3 is 9.47 Å². The molecular weight excluding hydrogens is 332 g/mol. The van der Waals surface area contributed by atoms with Gasteiger partial charge in [-0.3, -0.25) is 4.79 Å². The Hall–Kier alpha value is -2.54. The molecule has 0 N–H and O–H groups in total. The summed E-state index contributed by atoms with van der Waals surface area (Å²) in [5, 5.41) is 5.48. The fraction of sp³-hybridized carbons (Fsp3) is 0.474. The van der Waals surface area contributed by atoms with Crippen molar-refractivity contribution in [2.45, 2.75) is 45.6 Å². The second-order valence-corrected chi connectivity index (χ2v) is 7.10. The Bertz CT molecular complexity index is 989. The van der Waals surface area contributed by atoms with Crippen molar-refractivity contribution < 1.29 is 14.3 Å². The molecule has 1 fully saturated rings. The van der Waals surface area contributed by atoms with Crippen molar-refractivity contribution in [3.8, 4) is 0 Å². The third-order valence-corrected chi connectivity index (χ3v) is 5.01. The SMILES string of the molecule is Cc1nc2c3cccnc3nn2c(C)c1CCC(=O)OC1(C)CCOC1. The fourth-order valence-electron chi connectivity index (χ4n) is 3.51. The summed E-state index contributed by atoms with van der Waals surface area (Å²) < 4.78 is 12.8. The van der Waals surface area contributed by atoms with Gasteiger partial charge in [-0.2, -0.15) is 0 Å². The monoisotopic (exact) mass is 354 g/mol. The van der Waals surface area contributed by atoms with E-state index in [4.69, 9.17) is 14.5 Å². The average Bonchev–Trinajstić information content (AvgIpc) is 3.19. The van der Waals surface area contributed by atoms with E-state index in [1.165, 1.54) is 0 Å². The normalized spacial score (nSPS) is 20.1. The first-order chi connectivity index (χ1) is 12.5. The maximum atomic E-state index is 12.3. The summed E-state index contributed by atoms with van der Waals surface area (Å²) in [4.78, 5) is 21.3. The summed E-state index contributed by atoms with van der Waals surface area (Å²) in [5.74, 6) is -0.204. The van der Waals surface area contributed by atoms with E-state index < -0.39 is 5.60 Å². The molecule has 0 saturated carbocycles. The van der Waals surface area contributed by atoms with Crippen LogP contribution in [0, 0.1) is 13.8 Å². The maximum absolute atomic E-state index is 12.3. The lowest BCUT2D eigenvalue weighted by Gasteiger charge is -2.22. The molecule has 3 aromatic heterocycles. The molecule has 7 nitrogen and oxygen atoms in total. The number of carbonyl (C=O) groups is 1. The Balaban J connectivity index is 1.58. The van der Waals surface area contributed by atoms with Crippen LogP contribution in [-0.4, -0.2) is 44.4 Å². The highest BCUT2D eigenvalue weighted by atomic mass is 16.6. The van der Waals surface area contributed by atoms with E-state index in [1.807, 2.05) is 37.4 Å². The van der Waals surface area contributed by atoms with Crippen molar-refractivity contribution in [1.29, 1.82) is 0 Å². The third kappa shape index (κ3) is 2.92. The van der Waals surface area contributed by atoms with E-state index in [2.05, 4.69) is 10.1 Å². The molecule has 0 radical (unpaired) electrons. The van der Waals surface area contributed by atoms with Gasteiger partial charge in [-0.25, -0.2) is 14.5 Å². The van der Waals surface area contributed by atoms with Crippen LogP contribution in [0.4, 0.5) is 0 Å². The van der Waals surface area contributed by atoms with Crippen LogP contribution in [0.15, 0.2) is 18.3 Å². The molecule has 3 aromatic rings. The summed E-state index contributed by atoms with van der Waals surface area (Å²) >= 11 is 0. The van der Waals surface area contributed by atoms with Gasteiger partial charge in [0.05, 0.1) is 18.6 Å². The Kier molecular flexibility index (Phi) is 4.11. The molecule has 1 saturated heterocycles. The Morgan fingerprint density at radius 1 is 1.42 bits per heavy atom. The highest BCUT2D eigenvalue weighted by Crippen LogP contribution is 2.25. The van der Waals surface area contributed by atoms with Gasteiger partial charge in [0.2, 0.25) is 0 Å². The summed E-state index contributed by atoms with van der Waals surface area (Å²) in [6.07, 6.45) is 3.35. The van der Waals surface area contributed by atoms with Crippen LogP contribution >= 0.6 is 0 Å². The van der Waals surface area contributed by atoms with Crippen molar-refractivity contribution in [2.75, 3.05) is 13.2 Å². The minimum absolute atomic E-state index is 0.204. The number of hydrogen-bond donors (Lipinski definition) is 0. The van der Waals surface area contributed by atoms with E-state index in [0.717, 1.165) is 34.4 Å². The number of nitrogens with zero attached hydrogens (tertiary/aromatic N) is 4. The first-order valence-corrected chi connectivity index (χ1v) is 8.86. The highest BCUT2D eigenvalue weighted by Gasteiger charge is 2.33. The molecule has 0 aliphatic carbocycles. The van der Waals surface area contributed by atoms with Crippen LogP contribution in [0.2, 0.25) is 0 Å². The predicted molar refractivity (Wildman–Crippen MR) is 96.0 cm³/mol. The quantitative estimate of drug-likeness (QED) is 0.670. The number of pyridine rings is 1. The maximum Gasteiger partial charge on any atom is 0.306 e. The molecule has 1 aliphatic rings. The van der Waals surface area contributed by atoms with E-state index in [9.17, 15) is 4.79 Å². The zero-order chi connectivity index (χ0) is 18.3. The molecule has 1 unspecified atom stereocenters. The van der Waals surface area contributed by atoms with Crippen molar-refractivity contribution in [3.05, 3.63) is 35.3 Å². The number of aryl methyl sites for hydroxylation is 2. The molecule has 0 amide bonds. The summed E-state index contributed by atoms with van der Waals surface area (Å²) in [6, 6.07) is 3.85. The van der Waals surface area contributed by atoms with Crippen LogP contribution in [0.25, 0.3) is 16.7 Å². The lowest BCUT2D eigenvalue weighted by molar-refractivity contribution is -0.157. The van der Waals surface area contributed by atoms with Gasteiger partial charge in [0.25, 0.3) is 0 Å². The van der Waals surface area contributed by atoms with Gasteiger partial charge in [0.1, 0.15) is 5.60 Å². The molecule has 136 valence electrons. The van der Waals surface area contributed by atoms with Gasteiger partial charge in [-0.1, -0.05) is 0 Å². The molecule has 0 bridgehead atoms. The van der Waals surface area contributed by atoms with Crippen molar-refractivity contribution in [3.63, 3.8) is 0 Å². The topological polar surface area (TPSA) is 78.6 Å². The van der Waals surface area contributed by atoms with Crippen LogP contribution in [0.5, 0.6) is 0 Å². The third-order valence-electron chi connectivity index (χ3n) is 5.01. The average molecular weight is 354 g/mol. The number of ether oxygens (including phenoxy) is 2. The van der Waals surface area contributed by atoms with Gasteiger partial charge in [-0.05, 0) is 44.9 Å². The lowest BCUT2D eigenvalue weighted by atomic mass is 10.1. The first-order valence-electron chi connectivity index (χ1n) is 8.86. The zero-order valence-corrected chi connectivity index (χ0v) is 15.3. The van der Waals surface area contributed by atoms with Gasteiger partial charge in [0.15, 0.2) is 11.3 Å². The van der Waals surface area contributed by atoms with Gasteiger partial charge in [0, 0.05) is 30.4 Å². The number of rotatable bonds is 4. The minimum atomic E-state index is -0.491. The molecule has 26 heavy (non-hydrogen) atoms. The number of fused-ring (bicyclic) bond motifs is 3. The molecule has 7 heteroatoms. The standard InChI is InChI=1S/C19H22N4O3/c1-12-14(6-7-16(24)26-19(3)8-10-25-11-19)13(2)23-18(21-12)15-5-4-9-20-17(15)22-23/h4-5,9H,6-8,10-11H2,1-3H3.